The number of hydrogen-bond donors (Lipinski definition) is 3. The van der Waals surface area contributed by atoms with E-state index in [1.165, 1.54) is 250 Å². The first-order valence-corrected chi connectivity index (χ1v) is 45.5. The predicted octanol–water partition coefficient (Wildman–Crippen LogP) is 24.7. The van der Waals surface area contributed by atoms with Gasteiger partial charge in [-0.25, -0.2) is 9.13 Å². The molecule has 0 aliphatic rings. The van der Waals surface area contributed by atoms with Crippen LogP contribution in [0.3, 0.4) is 0 Å². The van der Waals surface area contributed by atoms with Gasteiger partial charge < -0.3 is 33.8 Å². The SMILES string of the molecule is CCCCCCCCCCCCCCCCCCCCCCCC(=O)OC[C@H](COP(=O)(O)OC[C@@H](O)COP(=O)(O)OC[C@@H](COC(=O)CCCCCCCCCCC)OC(=O)CCCCCCCCC(C)C)OC(=O)CCCCCCCCCCCCCCCCCCCCC(C)CC. The summed E-state index contributed by atoms with van der Waals surface area (Å²) in [6.45, 7) is 9.58. The third kappa shape index (κ3) is 74.7. The molecule has 19 heteroatoms. The van der Waals surface area contributed by atoms with E-state index in [1.54, 1.807) is 0 Å². The molecule has 0 spiro atoms. The molecule has 0 aromatic heterocycles. The van der Waals surface area contributed by atoms with Gasteiger partial charge in [-0.3, -0.25) is 37.3 Å². The van der Waals surface area contributed by atoms with E-state index in [2.05, 4.69) is 41.5 Å². The zero-order valence-corrected chi connectivity index (χ0v) is 68.0. The van der Waals surface area contributed by atoms with Gasteiger partial charge in [0.15, 0.2) is 12.2 Å². The van der Waals surface area contributed by atoms with E-state index < -0.39 is 97.5 Å². The van der Waals surface area contributed by atoms with Crippen LogP contribution in [0.1, 0.15) is 433 Å². The van der Waals surface area contributed by atoms with Crippen molar-refractivity contribution < 1.29 is 80.2 Å². The Morgan fingerprint density at radius 2 is 0.505 bits per heavy atom. The lowest BCUT2D eigenvalue weighted by Crippen LogP contribution is -2.30. The molecule has 0 saturated carbocycles. The van der Waals surface area contributed by atoms with Crippen LogP contribution < -0.4 is 0 Å². The topological polar surface area (TPSA) is 237 Å². The molecular formula is C82H160O17P2. The maximum atomic E-state index is 13.1. The molecule has 17 nitrogen and oxygen atoms in total. The van der Waals surface area contributed by atoms with Crippen LogP contribution in [-0.4, -0.2) is 96.7 Å². The molecule has 0 aliphatic heterocycles. The minimum Gasteiger partial charge on any atom is -0.462 e. The van der Waals surface area contributed by atoms with E-state index in [4.69, 9.17) is 37.0 Å². The van der Waals surface area contributed by atoms with Crippen molar-refractivity contribution in [2.75, 3.05) is 39.6 Å². The van der Waals surface area contributed by atoms with Crippen molar-refractivity contribution in [3.8, 4) is 0 Å². The summed E-state index contributed by atoms with van der Waals surface area (Å²) < 4.78 is 68.6. The Hall–Kier alpha value is -1.94. The Kier molecular flexibility index (Phi) is 72.2. The second kappa shape index (κ2) is 73.6. The van der Waals surface area contributed by atoms with Crippen LogP contribution in [-0.2, 0) is 65.4 Å². The van der Waals surface area contributed by atoms with Crippen LogP contribution in [0, 0.1) is 11.8 Å². The summed E-state index contributed by atoms with van der Waals surface area (Å²) in [7, 11) is -9.91. The van der Waals surface area contributed by atoms with E-state index in [9.17, 15) is 43.2 Å². The molecular weight excluding hydrogens is 1320 g/mol. The average molecular weight is 1480 g/mol. The number of ether oxygens (including phenoxy) is 4. The summed E-state index contributed by atoms with van der Waals surface area (Å²) in [6.07, 6.45) is 64.3. The molecule has 0 rings (SSSR count). The highest BCUT2D eigenvalue weighted by Crippen LogP contribution is 2.45. The van der Waals surface area contributed by atoms with Crippen molar-refractivity contribution in [2.24, 2.45) is 11.8 Å². The van der Waals surface area contributed by atoms with E-state index in [-0.39, 0.29) is 25.7 Å². The van der Waals surface area contributed by atoms with Crippen molar-refractivity contribution in [1.29, 1.82) is 0 Å². The Bertz CT molecular complexity index is 1940. The minimum atomic E-state index is -4.96. The molecule has 6 atom stereocenters. The summed E-state index contributed by atoms with van der Waals surface area (Å²) in [5.74, 6) is -0.576. The van der Waals surface area contributed by atoms with Crippen LogP contribution in [0.2, 0.25) is 0 Å². The molecule has 0 fully saturated rings. The average Bonchev–Trinajstić information content (AvgIpc) is 1.01. The lowest BCUT2D eigenvalue weighted by Gasteiger charge is -2.21. The monoisotopic (exact) mass is 1480 g/mol. The molecule has 600 valence electrons. The molecule has 3 unspecified atom stereocenters. The van der Waals surface area contributed by atoms with Crippen molar-refractivity contribution in [3.05, 3.63) is 0 Å². The van der Waals surface area contributed by atoms with Crippen molar-refractivity contribution in [2.45, 2.75) is 452 Å². The maximum absolute atomic E-state index is 13.1. The number of rotatable bonds is 81. The van der Waals surface area contributed by atoms with Gasteiger partial charge in [-0.05, 0) is 37.5 Å². The fourth-order valence-corrected chi connectivity index (χ4v) is 14.3. The summed E-state index contributed by atoms with van der Waals surface area (Å²) in [5, 5.41) is 10.6. The Labute approximate surface area is 619 Å². The van der Waals surface area contributed by atoms with Gasteiger partial charge in [0.2, 0.25) is 0 Å². The van der Waals surface area contributed by atoms with Crippen molar-refractivity contribution in [1.82, 2.24) is 0 Å². The van der Waals surface area contributed by atoms with Gasteiger partial charge in [-0.2, -0.15) is 0 Å². The molecule has 0 saturated heterocycles. The molecule has 0 radical (unpaired) electrons. The van der Waals surface area contributed by atoms with Gasteiger partial charge in [0, 0.05) is 25.7 Å². The van der Waals surface area contributed by atoms with E-state index >= 15 is 0 Å². The number of phosphoric ester groups is 2. The zero-order chi connectivity index (χ0) is 74.2. The van der Waals surface area contributed by atoms with E-state index in [0.717, 1.165) is 95.8 Å². The van der Waals surface area contributed by atoms with Crippen LogP contribution >= 0.6 is 15.6 Å². The molecule has 101 heavy (non-hydrogen) atoms. The zero-order valence-electron chi connectivity index (χ0n) is 66.2. The van der Waals surface area contributed by atoms with Crippen molar-refractivity contribution >= 4 is 39.5 Å². The Morgan fingerprint density at radius 3 is 0.752 bits per heavy atom. The summed E-state index contributed by atoms with van der Waals surface area (Å²) in [4.78, 5) is 72.8. The number of carbonyl (C=O) groups excluding carboxylic acids is 4. The van der Waals surface area contributed by atoms with Gasteiger partial charge in [0.1, 0.15) is 19.3 Å². The van der Waals surface area contributed by atoms with Crippen LogP contribution in [0.25, 0.3) is 0 Å². The number of esters is 4. The van der Waals surface area contributed by atoms with Gasteiger partial charge in [-0.15, -0.1) is 0 Å². The van der Waals surface area contributed by atoms with Crippen LogP contribution in [0.4, 0.5) is 0 Å². The highest BCUT2D eigenvalue weighted by atomic mass is 31.2. The number of hydrogen-bond acceptors (Lipinski definition) is 15. The van der Waals surface area contributed by atoms with Crippen LogP contribution in [0.5, 0.6) is 0 Å². The normalized spacial score (nSPS) is 14.2. The lowest BCUT2D eigenvalue weighted by molar-refractivity contribution is -0.161. The smallest absolute Gasteiger partial charge is 0.462 e. The quantitative estimate of drug-likeness (QED) is 0.0222. The molecule has 3 N–H and O–H groups in total. The fourth-order valence-electron chi connectivity index (χ4n) is 12.7. The number of aliphatic hydroxyl groups excluding tert-OH is 1. The molecule has 0 aromatic rings. The summed E-state index contributed by atoms with van der Waals surface area (Å²) >= 11 is 0. The maximum Gasteiger partial charge on any atom is 0.472 e. The minimum absolute atomic E-state index is 0.102. The van der Waals surface area contributed by atoms with Gasteiger partial charge in [0.25, 0.3) is 0 Å². The van der Waals surface area contributed by atoms with Gasteiger partial charge in [0.05, 0.1) is 26.4 Å². The first kappa shape index (κ1) is 99.1. The van der Waals surface area contributed by atoms with E-state index in [0.29, 0.717) is 31.6 Å². The summed E-state index contributed by atoms with van der Waals surface area (Å²) in [6, 6.07) is 0. The molecule has 0 bridgehead atoms. The third-order valence-electron chi connectivity index (χ3n) is 19.6. The number of unbranched alkanes of at least 4 members (excludes halogenated alkanes) is 50. The number of aliphatic hydroxyl groups is 1. The van der Waals surface area contributed by atoms with Gasteiger partial charge >= 0.3 is 39.5 Å². The molecule has 0 aliphatic carbocycles. The highest BCUT2D eigenvalue weighted by Gasteiger charge is 2.30. The number of carbonyl (C=O) groups is 4. The molecule has 0 aromatic carbocycles. The predicted molar refractivity (Wildman–Crippen MR) is 414 cm³/mol. The first-order valence-electron chi connectivity index (χ1n) is 42.5. The van der Waals surface area contributed by atoms with E-state index in [1.807, 2.05) is 0 Å². The highest BCUT2D eigenvalue weighted by molar-refractivity contribution is 7.47. The largest absolute Gasteiger partial charge is 0.472 e. The number of phosphoric acid groups is 2. The fraction of sp³-hybridized carbons (Fsp3) is 0.951. The lowest BCUT2D eigenvalue weighted by atomic mass is 9.99. The Balaban J connectivity index is 5.14. The molecule has 0 amide bonds. The second-order valence-corrected chi connectivity index (χ2v) is 33.1. The van der Waals surface area contributed by atoms with Gasteiger partial charge in [-0.1, -0.05) is 382 Å². The first-order chi connectivity index (χ1) is 48.9. The second-order valence-electron chi connectivity index (χ2n) is 30.2. The molecule has 0 heterocycles. The standard InChI is InChI=1S/C82H160O17P2/c1-7-10-12-14-16-18-19-20-21-22-23-24-25-29-32-35-38-42-46-53-59-65-80(85)93-70-77(98-81(86)66-60-54-47-43-39-36-33-30-27-26-28-31-34-37-41-44-51-57-63-75(6)9-3)72-96-100(88,89)94-68-76(83)69-95-101(90,91)97-73-78(99-82(87)67-61-55-49-48-50-56-62-74(4)5)71-92-79(84)64-58-52-45-40-17-15-13-11-8-2/h74-78,83H,7-73H2,1-6H3,(H,88,89)(H,90,91)/t75?,76-,77-,78-/m1/s1. The van der Waals surface area contributed by atoms with Crippen LogP contribution in [0.15, 0.2) is 0 Å². The summed E-state index contributed by atoms with van der Waals surface area (Å²) in [5.41, 5.74) is 0. The van der Waals surface area contributed by atoms with Crippen molar-refractivity contribution in [3.63, 3.8) is 0 Å². The third-order valence-corrected chi connectivity index (χ3v) is 21.5. The Morgan fingerprint density at radius 1 is 0.287 bits per heavy atom.